The van der Waals surface area contributed by atoms with Crippen LogP contribution in [-0.4, -0.2) is 18.1 Å². The molecule has 0 radical (unpaired) electrons. The molecule has 0 aromatic carbocycles. The lowest BCUT2D eigenvalue weighted by Gasteiger charge is -2.16. The summed E-state index contributed by atoms with van der Waals surface area (Å²) in [7, 11) is 0. The van der Waals surface area contributed by atoms with Gasteiger partial charge in [0.25, 0.3) is 0 Å². The smallest absolute Gasteiger partial charge is 0.0961 e. The van der Waals surface area contributed by atoms with Gasteiger partial charge in [-0.15, -0.1) is 0 Å². The number of pyridine rings is 1. The lowest BCUT2D eigenvalue weighted by Crippen LogP contribution is -2.16. The van der Waals surface area contributed by atoms with Crippen molar-refractivity contribution in [3.05, 3.63) is 30.1 Å². The maximum absolute atomic E-state index is 5.76. The Kier molecular flexibility index (Phi) is 6.04. The van der Waals surface area contributed by atoms with Crippen molar-refractivity contribution in [2.45, 2.75) is 32.8 Å². The zero-order valence-corrected chi connectivity index (χ0v) is 10.2. The summed E-state index contributed by atoms with van der Waals surface area (Å²) in [5.74, 6) is 0.735. The summed E-state index contributed by atoms with van der Waals surface area (Å²) < 4.78 is 5.76. The molecule has 0 bridgehead atoms. The van der Waals surface area contributed by atoms with Crippen LogP contribution < -0.4 is 5.73 Å². The molecule has 0 saturated heterocycles. The third-order valence-electron chi connectivity index (χ3n) is 2.52. The highest BCUT2D eigenvalue weighted by Crippen LogP contribution is 2.15. The summed E-state index contributed by atoms with van der Waals surface area (Å²) >= 11 is 0. The van der Waals surface area contributed by atoms with Crippen LogP contribution in [0.4, 0.5) is 0 Å². The largest absolute Gasteiger partial charge is 0.372 e. The minimum Gasteiger partial charge on any atom is -0.372 e. The normalized spacial score (nSPS) is 13.0. The minimum absolute atomic E-state index is 0.0131. The zero-order valence-electron chi connectivity index (χ0n) is 10.2. The molecular formula is C13H22N2O. The molecule has 0 aliphatic heterocycles. The van der Waals surface area contributed by atoms with E-state index >= 15 is 0 Å². The summed E-state index contributed by atoms with van der Waals surface area (Å²) in [4.78, 5) is 4.07. The molecule has 1 atom stereocenters. The maximum Gasteiger partial charge on any atom is 0.0961 e. The first-order valence-electron chi connectivity index (χ1n) is 5.95. The van der Waals surface area contributed by atoms with E-state index in [-0.39, 0.29) is 6.10 Å². The fourth-order valence-electron chi connectivity index (χ4n) is 1.58. The Morgan fingerprint density at radius 3 is 2.81 bits per heavy atom. The van der Waals surface area contributed by atoms with Gasteiger partial charge in [-0.2, -0.15) is 0 Å². The Morgan fingerprint density at radius 2 is 2.25 bits per heavy atom. The molecule has 90 valence electrons. The van der Waals surface area contributed by atoms with Crippen LogP contribution in [0.2, 0.25) is 0 Å². The molecule has 0 aliphatic carbocycles. The Morgan fingerprint density at radius 1 is 1.44 bits per heavy atom. The second kappa shape index (κ2) is 7.36. The minimum atomic E-state index is -0.0131. The van der Waals surface area contributed by atoms with Crippen LogP contribution >= 0.6 is 0 Å². The third-order valence-corrected chi connectivity index (χ3v) is 2.52. The molecular weight excluding hydrogens is 200 g/mol. The van der Waals surface area contributed by atoms with Gasteiger partial charge in [0.2, 0.25) is 0 Å². The molecule has 0 aliphatic rings. The second-order valence-corrected chi connectivity index (χ2v) is 4.42. The Labute approximate surface area is 98.0 Å². The lowest BCUT2D eigenvalue weighted by molar-refractivity contribution is 0.0544. The van der Waals surface area contributed by atoms with Crippen molar-refractivity contribution in [3.63, 3.8) is 0 Å². The van der Waals surface area contributed by atoms with Crippen LogP contribution in [0.1, 0.15) is 38.4 Å². The molecule has 3 nitrogen and oxygen atoms in total. The number of aromatic nitrogens is 1. The van der Waals surface area contributed by atoms with Crippen molar-refractivity contribution in [2.75, 3.05) is 13.2 Å². The first-order valence-corrected chi connectivity index (χ1v) is 5.95. The van der Waals surface area contributed by atoms with Crippen LogP contribution in [0, 0.1) is 5.92 Å². The molecule has 1 rings (SSSR count). The summed E-state index contributed by atoms with van der Waals surface area (Å²) in [6.45, 7) is 5.73. The molecule has 1 aromatic heterocycles. The van der Waals surface area contributed by atoms with E-state index in [9.17, 15) is 0 Å². The van der Waals surface area contributed by atoms with Gasteiger partial charge in [-0.05, 0) is 24.8 Å². The summed E-state index contributed by atoms with van der Waals surface area (Å²) in [5, 5.41) is 0. The van der Waals surface area contributed by atoms with Gasteiger partial charge >= 0.3 is 0 Å². The highest BCUT2D eigenvalue weighted by atomic mass is 16.5. The van der Waals surface area contributed by atoms with E-state index in [1.165, 1.54) is 6.42 Å². The van der Waals surface area contributed by atoms with Crippen molar-refractivity contribution in [1.29, 1.82) is 0 Å². The van der Waals surface area contributed by atoms with Crippen molar-refractivity contribution in [1.82, 2.24) is 4.98 Å². The summed E-state index contributed by atoms with van der Waals surface area (Å²) in [5.41, 5.74) is 6.76. The van der Waals surface area contributed by atoms with E-state index in [1.54, 1.807) is 6.20 Å². The number of ether oxygens (including phenoxy) is 1. The van der Waals surface area contributed by atoms with E-state index in [0.717, 1.165) is 24.5 Å². The molecule has 1 heterocycles. The third kappa shape index (κ3) is 4.73. The quantitative estimate of drug-likeness (QED) is 0.721. The number of hydrogen-bond donors (Lipinski definition) is 1. The van der Waals surface area contributed by atoms with Crippen molar-refractivity contribution >= 4 is 0 Å². The van der Waals surface area contributed by atoms with Gasteiger partial charge in [-0.25, -0.2) is 0 Å². The Hall–Kier alpha value is -0.930. The molecule has 2 N–H and O–H groups in total. The molecule has 0 saturated carbocycles. The molecule has 16 heavy (non-hydrogen) atoms. The number of hydrogen-bond acceptors (Lipinski definition) is 3. The van der Waals surface area contributed by atoms with Gasteiger partial charge in [-0.3, -0.25) is 4.98 Å². The van der Waals surface area contributed by atoms with E-state index in [4.69, 9.17) is 10.5 Å². The first-order chi connectivity index (χ1) is 7.74. The number of nitrogens with two attached hydrogens (primary N) is 1. The molecule has 0 spiro atoms. The SMILES string of the molecule is CC(C)CCCOC(CN)c1cccnc1. The van der Waals surface area contributed by atoms with Gasteiger partial charge < -0.3 is 10.5 Å². The van der Waals surface area contributed by atoms with E-state index in [0.29, 0.717) is 6.54 Å². The highest BCUT2D eigenvalue weighted by Gasteiger charge is 2.09. The van der Waals surface area contributed by atoms with Gasteiger partial charge in [0.15, 0.2) is 0 Å². The average molecular weight is 222 g/mol. The van der Waals surface area contributed by atoms with Gasteiger partial charge in [0.1, 0.15) is 0 Å². The lowest BCUT2D eigenvalue weighted by atomic mass is 10.1. The predicted octanol–water partition coefficient (Wildman–Crippen LogP) is 2.53. The maximum atomic E-state index is 5.76. The van der Waals surface area contributed by atoms with Crippen LogP contribution in [-0.2, 0) is 4.74 Å². The van der Waals surface area contributed by atoms with Gasteiger partial charge in [0.05, 0.1) is 6.10 Å². The standard InChI is InChI=1S/C13H22N2O/c1-11(2)5-4-8-16-13(9-14)12-6-3-7-15-10-12/h3,6-7,10-11,13H,4-5,8-9,14H2,1-2H3. The summed E-state index contributed by atoms with van der Waals surface area (Å²) in [6.07, 6.45) is 5.86. The fraction of sp³-hybridized carbons (Fsp3) is 0.615. The molecule has 1 aromatic rings. The van der Waals surface area contributed by atoms with Crippen LogP contribution in [0.15, 0.2) is 24.5 Å². The van der Waals surface area contributed by atoms with Gasteiger partial charge in [0, 0.05) is 31.1 Å². The van der Waals surface area contributed by atoms with E-state index in [2.05, 4.69) is 18.8 Å². The zero-order chi connectivity index (χ0) is 11.8. The highest BCUT2D eigenvalue weighted by molar-refractivity contribution is 5.12. The van der Waals surface area contributed by atoms with Crippen molar-refractivity contribution < 1.29 is 4.74 Å². The first kappa shape index (κ1) is 13.1. The Bertz CT molecular complexity index is 275. The van der Waals surface area contributed by atoms with Crippen LogP contribution in [0.5, 0.6) is 0 Å². The summed E-state index contributed by atoms with van der Waals surface area (Å²) in [6, 6.07) is 3.92. The fourth-order valence-corrected chi connectivity index (χ4v) is 1.58. The van der Waals surface area contributed by atoms with Crippen molar-refractivity contribution in [2.24, 2.45) is 11.7 Å². The average Bonchev–Trinajstić information content (AvgIpc) is 2.30. The van der Waals surface area contributed by atoms with E-state index in [1.807, 2.05) is 18.3 Å². The van der Waals surface area contributed by atoms with Crippen LogP contribution in [0.25, 0.3) is 0 Å². The second-order valence-electron chi connectivity index (χ2n) is 4.42. The topological polar surface area (TPSA) is 48.1 Å². The molecule has 3 heteroatoms. The predicted molar refractivity (Wildman–Crippen MR) is 66.1 cm³/mol. The number of nitrogens with zero attached hydrogens (tertiary/aromatic N) is 1. The molecule has 0 amide bonds. The van der Waals surface area contributed by atoms with Crippen LogP contribution in [0.3, 0.4) is 0 Å². The number of rotatable bonds is 7. The van der Waals surface area contributed by atoms with Gasteiger partial charge in [-0.1, -0.05) is 19.9 Å². The van der Waals surface area contributed by atoms with Crippen molar-refractivity contribution in [3.8, 4) is 0 Å². The van der Waals surface area contributed by atoms with E-state index < -0.39 is 0 Å². The molecule has 1 unspecified atom stereocenters. The molecule has 0 fully saturated rings. The Balaban J connectivity index is 2.33. The monoisotopic (exact) mass is 222 g/mol.